The maximum Gasteiger partial charge on any atom is 0.253 e. The molecular formula is C21H32N4O3. The number of benzene rings is 1. The second kappa shape index (κ2) is 10.4. The molecule has 0 aliphatic carbocycles. The molecule has 2 aliphatic rings. The molecule has 2 amide bonds. The van der Waals surface area contributed by atoms with Crippen molar-refractivity contribution in [1.29, 1.82) is 0 Å². The van der Waals surface area contributed by atoms with Gasteiger partial charge < -0.3 is 20.3 Å². The van der Waals surface area contributed by atoms with E-state index in [1.54, 1.807) is 6.07 Å². The number of morpholine rings is 1. The fourth-order valence-corrected chi connectivity index (χ4v) is 3.70. The van der Waals surface area contributed by atoms with Gasteiger partial charge in [-0.1, -0.05) is 6.92 Å². The van der Waals surface area contributed by atoms with Crippen LogP contribution in [0, 0.1) is 0 Å². The summed E-state index contributed by atoms with van der Waals surface area (Å²) in [4.78, 5) is 29.3. The minimum Gasteiger partial charge on any atom is -0.379 e. The van der Waals surface area contributed by atoms with Gasteiger partial charge in [-0.15, -0.1) is 0 Å². The first-order valence-electron chi connectivity index (χ1n) is 10.4. The molecule has 154 valence electrons. The third-order valence-electron chi connectivity index (χ3n) is 5.33. The van der Waals surface area contributed by atoms with E-state index in [9.17, 15) is 9.59 Å². The van der Waals surface area contributed by atoms with Gasteiger partial charge in [-0.05, 0) is 44.0 Å². The summed E-state index contributed by atoms with van der Waals surface area (Å²) in [7, 11) is 0. The Morgan fingerprint density at radius 3 is 2.57 bits per heavy atom. The summed E-state index contributed by atoms with van der Waals surface area (Å²) in [6, 6.07) is 5.65. The normalized spacial score (nSPS) is 17.5. The Morgan fingerprint density at radius 1 is 1.11 bits per heavy atom. The SMILES string of the molecule is CCC(=O)Nc1ccc(N2CCCC2)c(C(=O)NCCCN2CCOCC2)c1. The van der Waals surface area contributed by atoms with Crippen molar-refractivity contribution >= 4 is 23.2 Å². The highest BCUT2D eigenvalue weighted by Gasteiger charge is 2.20. The topological polar surface area (TPSA) is 73.9 Å². The predicted octanol–water partition coefficient (Wildman–Crippen LogP) is 2.09. The van der Waals surface area contributed by atoms with Gasteiger partial charge in [-0.3, -0.25) is 14.5 Å². The number of hydrogen-bond donors (Lipinski definition) is 2. The molecule has 0 radical (unpaired) electrons. The minimum absolute atomic E-state index is 0.0502. The quantitative estimate of drug-likeness (QED) is 0.667. The van der Waals surface area contributed by atoms with Crippen molar-refractivity contribution in [2.24, 2.45) is 0 Å². The van der Waals surface area contributed by atoms with Crippen molar-refractivity contribution in [2.75, 3.05) is 62.7 Å². The van der Waals surface area contributed by atoms with Crippen LogP contribution in [0.25, 0.3) is 0 Å². The van der Waals surface area contributed by atoms with Crippen LogP contribution in [0.5, 0.6) is 0 Å². The zero-order valence-corrected chi connectivity index (χ0v) is 16.8. The van der Waals surface area contributed by atoms with Gasteiger partial charge in [-0.2, -0.15) is 0 Å². The van der Waals surface area contributed by atoms with Gasteiger partial charge in [0.2, 0.25) is 5.91 Å². The highest BCUT2D eigenvalue weighted by atomic mass is 16.5. The van der Waals surface area contributed by atoms with Crippen LogP contribution in [0.2, 0.25) is 0 Å². The summed E-state index contributed by atoms with van der Waals surface area (Å²) in [6.45, 7) is 8.88. The fraction of sp³-hybridized carbons (Fsp3) is 0.619. The van der Waals surface area contributed by atoms with Gasteiger partial charge in [0.25, 0.3) is 5.91 Å². The largest absolute Gasteiger partial charge is 0.379 e. The Morgan fingerprint density at radius 2 is 1.86 bits per heavy atom. The summed E-state index contributed by atoms with van der Waals surface area (Å²) in [5, 5.41) is 5.92. The number of carbonyl (C=O) groups is 2. The third-order valence-corrected chi connectivity index (χ3v) is 5.33. The van der Waals surface area contributed by atoms with E-state index < -0.39 is 0 Å². The number of carbonyl (C=O) groups excluding carboxylic acids is 2. The molecule has 0 atom stereocenters. The molecule has 0 unspecified atom stereocenters. The molecule has 1 aromatic rings. The fourth-order valence-electron chi connectivity index (χ4n) is 3.70. The van der Waals surface area contributed by atoms with Crippen molar-refractivity contribution in [3.8, 4) is 0 Å². The number of rotatable bonds is 8. The van der Waals surface area contributed by atoms with E-state index in [4.69, 9.17) is 4.74 Å². The Labute approximate surface area is 167 Å². The minimum atomic E-state index is -0.0727. The predicted molar refractivity (Wildman–Crippen MR) is 111 cm³/mol. The van der Waals surface area contributed by atoms with Crippen LogP contribution < -0.4 is 15.5 Å². The van der Waals surface area contributed by atoms with Gasteiger partial charge >= 0.3 is 0 Å². The van der Waals surface area contributed by atoms with E-state index >= 15 is 0 Å². The highest BCUT2D eigenvalue weighted by Crippen LogP contribution is 2.27. The molecule has 1 aromatic carbocycles. The number of nitrogens with zero attached hydrogens (tertiary/aromatic N) is 2. The van der Waals surface area contributed by atoms with Crippen molar-refractivity contribution in [2.45, 2.75) is 32.6 Å². The standard InChI is InChI=1S/C21H32N4O3/c1-2-20(26)23-17-6-7-19(25-10-3-4-11-25)18(16-17)21(27)22-8-5-9-24-12-14-28-15-13-24/h6-7,16H,2-5,8-15H2,1H3,(H,22,27)(H,23,26). The van der Waals surface area contributed by atoms with Crippen molar-refractivity contribution in [1.82, 2.24) is 10.2 Å². The average molecular weight is 389 g/mol. The van der Waals surface area contributed by atoms with Crippen LogP contribution in [0.15, 0.2) is 18.2 Å². The molecule has 0 aromatic heterocycles. The Kier molecular flexibility index (Phi) is 7.68. The lowest BCUT2D eigenvalue weighted by Gasteiger charge is -2.26. The van der Waals surface area contributed by atoms with E-state index in [1.807, 2.05) is 19.1 Å². The lowest BCUT2D eigenvalue weighted by molar-refractivity contribution is -0.115. The molecule has 28 heavy (non-hydrogen) atoms. The van der Waals surface area contributed by atoms with Crippen molar-refractivity contribution < 1.29 is 14.3 Å². The second-order valence-electron chi connectivity index (χ2n) is 7.39. The second-order valence-corrected chi connectivity index (χ2v) is 7.39. The van der Waals surface area contributed by atoms with E-state index in [-0.39, 0.29) is 11.8 Å². The van der Waals surface area contributed by atoms with Crippen molar-refractivity contribution in [3.63, 3.8) is 0 Å². The number of hydrogen-bond acceptors (Lipinski definition) is 5. The van der Waals surface area contributed by atoms with Crippen LogP contribution in [0.3, 0.4) is 0 Å². The number of ether oxygens (including phenoxy) is 1. The summed E-state index contributed by atoms with van der Waals surface area (Å²) in [5.74, 6) is -0.123. The molecule has 0 saturated carbocycles. The maximum atomic E-state index is 12.9. The lowest BCUT2D eigenvalue weighted by atomic mass is 10.1. The first kappa shape index (κ1) is 20.6. The molecule has 2 fully saturated rings. The Hall–Kier alpha value is -2.12. The summed E-state index contributed by atoms with van der Waals surface area (Å²) in [5.41, 5.74) is 2.27. The van der Waals surface area contributed by atoms with E-state index in [0.29, 0.717) is 24.2 Å². The molecule has 2 N–H and O–H groups in total. The first-order chi connectivity index (χ1) is 13.7. The first-order valence-corrected chi connectivity index (χ1v) is 10.4. The van der Waals surface area contributed by atoms with Crippen LogP contribution >= 0.6 is 0 Å². The molecule has 2 aliphatic heterocycles. The summed E-state index contributed by atoms with van der Waals surface area (Å²) < 4.78 is 5.36. The van der Waals surface area contributed by atoms with Crippen LogP contribution in [-0.2, 0) is 9.53 Å². The van der Waals surface area contributed by atoms with Crippen LogP contribution in [-0.4, -0.2) is 69.2 Å². The van der Waals surface area contributed by atoms with Gasteiger partial charge in [0, 0.05) is 50.5 Å². The van der Waals surface area contributed by atoms with Crippen molar-refractivity contribution in [3.05, 3.63) is 23.8 Å². The number of amides is 2. The Bertz CT molecular complexity index is 668. The van der Waals surface area contributed by atoms with Gasteiger partial charge in [-0.25, -0.2) is 0 Å². The summed E-state index contributed by atoms with van der Waals surface area (Å²) in [6.07, 6.45) is 3.62. The monoisotopic (exact) mass is 388 g/mol. The zero-order valence-electron chi connectivity index (χ0n) is 16.8. The molecular weight excluding hydrogens is 356 g/mol. The molecule has 2 saturated heterocycles. The van der Waals surface area contributed by atoms with Crippen LogP contribution in [0.4, 0.5) is 11.4 Å². The van der Waals surface area contributed by atoms with Gasteiger partial charge in [0.05, 0.1) is 18.8 Å². The van der Waals surface area contributed by atoms with Gasteiger partial charge in [0.15, 0.2) is 0 Å². The zero-order chi connectivity index (χ0) is 19.8. The smallest absolute Gasteiger partial charge is 0.253 e. The Balaban J connectivity index is 1.61. The molecule has 7 heteroatoms. The molecule has 0 bridgehead atoms. The van der Waals surface area contributed by atoms with E-state index in [0.717, 1.165) is 70.9 Å². The number of nitrogens with one attached hydrogen (secondary N) is 2. The van der Waals surface area contributed by atoms with Crippen LogP contribution in [0.1, 0.15) is 43.0 Å². The van der Waals surface area contributed by atoms with Gasteiger partial charge in [0.1, 0.15) is 0 Å². The van der Waals surface area contributed by atoms with E-state index in [1.165, 1.54) is 0 Å². The molecule has 7 nitrogen and oxygen atoms in total. The average Bonchev–Trinajstić information content (AvgIpc) is 3.26. The highest BCUT2D eigenvalue weighted by molar-refractivity contribution is 6.02. The third kappa shape index (κ3) is 5.69. The maximum absolute atomic E-state index is 12.9. The lowest BCUT2D eigenvalue weighted by Crippen LogP contribution is -2.38. The summed E-state index contributed by atoms with van der Waals surface area (Å²) >= 11 is 0. The van der Waals surface area contributed by atoms with E-state index in [2.05, 4.69) is 20.4 Å². The molecule has 2 heterocycles. The number of anilines is 2. The molecule has 3 rings (SSSR count). The molecule has 0 spiro atoms.